The van der Waals surface area contributed by atoms with Gasteiger partial charge in [-0.3, -0.25) is 9.59 Å². The molecular weight excluding hydrogens is 336 g/mol. The molecule has 1 aliphatic rings. The van der Waals surface area contributed by atoms with Crippen molar-refractivity contribution in [2.45, 2.75) is 26.0 Å². The number of aromatic nitrogens is 2. The Morgan fingerprint density at radius 3 is 2.58 bits per heavy atom. The zero-order valence-corrected chi connectivity index (χ0v) is 14.9. The molecule has 3 amide bonds. The van der Waals surface area contributed by atoms with Gasteiger partial charge in [-0.1, -0.05) is 18.2 Å². The molecule has 0 atom stereocenters. The van der Waals surface area contributed by atoms with Crippen LogP contribution in [0.1, 0.15) is 19.4 Å². The molecule has 1 saturated heterocycles. The number of carbonyl (C=O) groups is 3. The number of likely N-dealkylation sites (N-methyl/N-ethyl adjacent to an activating group) is 1. The van der Waals surface area contributed by atoms with Crippen LogP contribution in [0.5, 0.6) is 0 Å². The molecule has 0 aliphatic carbocycles. The predicted molar refractivity (Wildman–Crippen MR) is 92.3 cm³/mol. The minimum atomic E-state index is -1.23. The third kappa shape index (κ3) is 3.30. The van der Waals surface area contributed by atoms with E-state index >= 15 is 0 Å². The molecule has 1 fully saturated rings. The smallest absolute Gasteiger partial charge is 0.418 e. The quantitative estimate of drug-likeness (QED) is 0.812. The summed E-state index contributed by atoms with van der Waals surface area (Å²) in [6.45, 7) is 2.97. The zero-order valence-electron chi connectivity index (χ0n) is 14.9. The molecule has 136 valence electrons. The second kappa shape index (κ2) is 6.62. The highest BCUT2D eigenvalue weighted by molar-refractivity contribution is 6.04. The number of imide groups is 1. The van der Waals surface area contributed by atoms with E-state index in [1.807, 2.05) is 36.5 Å². The number of hydrogen-bond donors (Lipinski definition) is 0. The maximum absolute atomic E-state index is 12.5. The molecule has 8 nitrogen and oxygen atoms in total. The van der Waals surface area contributed by atoms with Crippen molar-refractivity contribution >= 4 is 17.9 Å². The summed E-state index contributed by atoms with van der Waals surface area (Å²) in [5.74, 6) is -0.871. The lowest BCUT2D eigenvalue weighted by Crippen LogP contribution is -2.43. The number of para-hydroxylation sites is 1. The molecule has 1 aromatic carbocycles. The molecule has 0 spiro atoms. The fraction of sp³-hybridized carbons (Fsp3) is 0.333. The van der Waals surface area contributed by atoms with Crippen LogP contribution in [0, 0.1) is 0 Å². The third-order valence-electron chi connectivity index (χ3n) is 4.19. The number of carbonyl (C=O) groups excluding carboxylic acids is 3. The number of nitrogens with zero attached hydrogens (tertiary/aromatic N) is 4. The van der Waals surface area contributed by atoms with Gasteiger partial charge in [-0.25, -0.2) is 14.4 Å². The molecule has 3 rings (SSSR count). The number of amides is 3. The van der Waals surface area contributed by atoms with E-state index in [4.69, 9.17) is 4.74 Å². The molecule has 2 heterocycles. The number of cyclic esters (lactones) is 1. The largest absolute Gasteiger partial charge is 0.433 e. The maximum Gasteiger partial charge on any atom is 0.418 e. The van der Waals surface area contributed by atoms with E-state index in [2.05, 4.69) is 5.10 Å². The van der Waals surface area contributed by atoms with Crippen LogP contribution in [0.2, 0.25) is 0 Å². The molecule has 8 heteroatoms. The second-order valence-electron chi connectivity index (χ2n) is 6.60. The van der Waals surface area contributed by atoms with Gasteiger partial charge in [0.05, 0.1) is 5.69 Å². The lowest BCUT2D eigenvalue weighted by Gasteiger charge is -2.21. The normalized spacial score (nSPS) is 15.9. The van der Waals surface area contributed by atoms with Crippen LogP contribution in [-0.2, 0) is 20.9 Å². The monoisotopic (exact) mass is 356 g/mol. The van der Waals surface area contributed by atoms with Crippen LogP contribution in [0.3, 0.4) is 0 Å². The van der Waals surface area contributed by atoms with E-state index in [1.165, 1.54) is 18.7 Å². The van der Waals surface area contributed by atoms with Crippen LogP contribution in [0.15, 0.2) is 42.7 Å². The van der Waals surface area contributed by atoms with E-state index in [-0.39, 0.29) is 12.5 Å². The van der Waals surface area contributed by atoms with Crippen molar-refractivity contribution in [3.8, 4) is 5.69 Å². The summed E-state index contributed by atoms with van der Waals surface area (Å²) in [6.07, 6.45) is 2.71. The van der Waals surface area contributed by atoms with Crippen LogP contribution in [0.25, 0.3) is 5.69 Å². The summed E-state index contributed by atoms with van der Waals surface area (Å²) < 4.78 is 6.72. The van der Waals surface area contributed by atoms with Crippen LogP contribution in [0.4, 0.5) is 4.79 Å². The van der Waals surface area contributed by atoms with Crippen LogP contribution >= 0.6 is 0 Å². The van der Waals surface area contributed by atoms with Gasteiger partial charge in [-0.15, -0.1) is 0 Å². The van der Waals surface area contributed by atoms with Gasteiger partial charge in [0.2, 0.25) is 5.91 Å². The topological polar surface area (TPSA) is 84.7 Å². The van der Waals surface area contributed by atoms with Gasteiger partial charge in [-0.2, -0.15) is 5.10 Å². The van der Waals surface area contributed by atoms with Crippen molar-refractivity contribution in [3.05, 3.63) is 48.3 Å². The highest BCUT2D eigenvalue weighted by Gasteiger charge is 2.47. The maximum atomic E-state index is 12.5. The van der Waals surface area contributed by atoms with Crippen molar-refractivity contribution in [1.82, 2.24) is 19.6 Å². The Morgan fingerprint density at radius 2 is 1.96 bits per heavy atom. The summed E-state index contributed by atoms with van der Waals surface area (Å²) in [5.41, 5.74) is 0.514. The first-order valence-electron chi connectivity index (χ1n) is 8.16. The Kier molecular flexibility index (Phi) is 4.50. The van der Waals surface area contributed by atoms with E-state index in [9.17, 15) is 14.4 Å². The molecule has 0 radical (unpaired) electrons. The molecule has 2 aromatic rings. The van der Waals surface area contributed by atoms with E-state index in [0.717, 1.165) is 16.2 Å². The summed E-state index contributed by atoms with van der Waals surface area (Å²) >= 11 is 0. The second-order valence-corrected chi connectivity index (χ2v) is 6.60. The lowest BCUT2D eigenvalue weighted by molar-refractivity contribution is -0.139. The van der Waals surface area contributed by atoms with Crippen molar-refractivity contribution in [1.29, 1.82) is 0 Å². The summed E-state index contributed by atoms with van der Waals surface area (Å²) in [4.78, 5) is 38.8. The van der Waals surface area contributed by atoms with Crippen molar-refractivity contribution in [3.63, 3.8) is 0 Å². The molecule has 0 N–H and O–H groups in total. The Labute approximate surface area is 150 Å². The van der Waals surface area contributed by atoms with Gasteiger partial charge in [0.25, 0.3) is 5.91 Å². The SMILES string of the molecule is CN(Cc1ccccc1-n1cccn1)C(=O)CN1C(=O)OC(C)(C)C1=O. The third-order valence-corrected chi connectivity index (χ3v) is 4.19. The lowest BCUT2D eigenvalue weighted by atomic mass is 10.1. The van der Waals surface area contributed by atoms with Crippen molar-refractivity contribution in [2.24, 2.45) is 0 Å². The van der Waals surface area contributed by atoms with E-state index in [0.29, 0.717) is 6.54 Å². The Hall–Kier alpha value is -3.16. The highest BCUT2D eigenvalue weighted by Crippen LogP contribution is 2.23. The molecular formula is C18H20N4O4. The van der Waals surface area contributed by atoms with Crippen LogP contribution in [-0.4, -0.2) is 56.7 Å². The van der Waals surface area contributed by atoms with Crippen molar-refractivity contribution < 1.29 is 19.1 Å². The van der Waals surface area contributed by atoms with E-state index in [1.54, 1.807) is 17.9 Å². The van der Waals surface area contributed by atoms with Gasteiger partial charge in [0, 0.05) is 26.0 Å². The molecule has 0 unspecified atom stereocenters. The average molecular weight is 356 g/mol. The summed E-state index contributed by atoms with van der Waals surface area (Å²) in [6, 6.07) is 9.40. The minimum Gasteiger partial charge on any atom is -0.433 e. The molecule has 1 aromatic heterocycles. The summed E-state index contributed by atoms with van der Waals surface area (Å²) in [5, 5.41) is 4.22. The molecule has 26 heavy (non-hydrogen) atoms. The highest BCUT2D eigenvalue weighted by atomic mass is 16.6. The molecule has 0 saturated carbocycles. The number of benzene rings is 1. The standard InChI is InChI=1S/C18H20N4O4/c1-18(2)16(24)21(17(25)26-18)12-15(23)20(3)11-13-7-4-5-8-14(13)22-10-6-9-19-22/h4-10H,11-12H2,1-3H3. The first-order valence-corrected chi connectivity index (χ1v) is 8.16. The first kappa shape index (κ1) is 17.7. The summed E-state index contributed by atoms with van der Waals surface area (Å²) in [7, 11) is 1.62. The Morgan fingerprint density at radius 1 is 1.23 bits per heavy atom. The van der Waals surface area contributed by atoms with Gasteiger partial charge in [0.15, 0.2) is 5.60 Å². The van der Waals surface area contributed by atoms with Gasteiger partial charge in [0.1, 0.15) is 6.54 Å². The predicted octanol–water partition coefficient (Wildman–Crippen LogP) is 1.59. The number of ether oxygens (including phenoxy) is 1. The van der Waals surface area contributed by atoms with E-state index < -0.39 is 17.6 Å². The molecule has 0 bridgehead atoms. The number of hydrogen-bond acceptors (Lipinski definition) is 5. The van der Waals surface area contributed by atoms with Crippen LogP contribution < -0.4 is 0 Å². The minimum absolute atomic E-state index is 0.315. The number of rotatable bonds is 5. The average Bonchev–Trinajstić information content (AvgIpc) is 3.18. The fourth-order valence-corrected chi connectivity index (χ4v) is 2.74. The van der Waals surface area contributed by atoms with Crippen molar-refractivity contribution in [2.75, 3.05) is 13.6 Å². The van der Waals surface area contributed by atoms with Gasteiger partial charge < -0.3 is 9.64 Å². The Bertz CT molecular complexity index is 845. The first-order chi connectivity index (χ1) is 12.3. The fourth-order valence-electron chi connectivity index (χ4n) is 2.74. The van der Waals surface area contributed by atoms with Gasteiger partial charge in [-0.05, 0) is 31.5 Å². The zero-order chi connectivity index (χ0) is 18.9. The molecule has 1 aliphatic heterocycles. The Balaban J connectivity index is 1.71. The van der Waals surface area contributed by atoms with Gasteiger partial charge >= 0.3 is 6.09 Å².